The lowest BCUT2D eigenvalue weighted by molar-refractivity contribution is -0.145. The number of fused-ring (bicyclic) bond motifs is 2. The molecule has 0 fully saturated rings. The second-order valence-electron chi connectivity index (χ2n) is 6.59. The molecule has 9 heteroatoms. The van der Waals surface area contributed by atoms with E-state index in [4.69, 9.17) is 9.47 Å². The minimum Gasteiger partial charge on any atom is -0.481 e. The van der Waals surface area contributed by atoms with E-state index in [0.29, 0.717) is 21.7 Å². The lowest BCUT2D eigenvalue weighted by Gasteiger charge is -2.11. The first-order valence-electron chi connectivity index (χ1n) is 9.61. The lowest BCUT2D eigenvalue weighted by atomic mass is 10.1. The van der Waals surface area contributed by atoms with Gasteiger partial charge < -0.3 is 19.4 Å². The Bertz CT molecular complexity index is 1290. The molecular formula is C22H19N3O5S. The Hall–Kier alpha value is -3.72. The molecule has 0 aliphatic heterocycles. The Morgan fingerprint density at radius 1 is 1.10 bits per heavy atom. The number of carbonyl (C=O) groups excluding carboxylic acids is 2. The number of rotatable bonds is 7. The van der Waals surface area contributed by atoms with Crippen molar-refractivity contribution in [1.29, 1.82) is 0 Å². The normalized spacial score (nSPS) is 10.9. The Morgan fingerprint density at radius 2 is 1.94 bits per heavy atom. The van der Waals surface area contributed by atoms with Crippen LogP contribution in [-0.2, 0) is 20.9 Å². The Balaban J connectivity index is 1.51. The van der Waals surface area contributed by atoms with Crippen LogP contribution in [0.4, 0.5) is 5.13 Å². The van der Waals surface area contributed by atoms with Gasteiger partial charge in [0.15, 0.2) is 11.7 Å². The highest BCUT2D eigenvalue weighted by atomic mass is 32.1. The zero-order valence-corrected chi connectivity index (χ0v) is 17.5. The predicted octanol–water partition coefficient (Wildman–Crippen LogP) is 3.19. The summed E-state index contributed by atoms with van der Waals surface area (Å²) in [5.74, 6) is -0.441. The molecule has 158 valence electrons. The quantitative estimate of drug-likeness (QED) is 0.446. The number of hydrogen-bond acceptors (Lipinski definition) is 7. The summed E-state index contributed by atoms with van der Waals surface area (Å²) in [7, 11) is 0. The first-order valence-corrected chi connectivity index (χ1v) is 10.4. The van der Waals surface area contributed by atoms with E-state index in [1.165, 1.54) is 22.1 Å². The number of esters is 1. The van der Waals surface area contributed by atoms with Crippen molar-refractivity contribution in [3.05, 3.63) is 65.1 Å². The fraction of sp³-hybridized carbons (Fsp3) is 0.182. The van der Waals surface area contributed by atoms with Crippen LogP contribution in [0.1, 0.15) is 6.92 Å². The van der Waals surface area contributed by atoms with Crippen LogP contribution in [0, 0.1) is 0 Å². The summed E-state index contributed by atoms with van der Waals surface area (Å²) in [6.45, 7) is 1.58. The van der Waals surface area contributed by atoms with E-state index in [1.54, 1.807) is 31.2 Å². The Kier molecular flexibility index (Phi) is 5.94. The fourth-order valence-electron chi connectivity index (χ4n) is 3.12. The van der Waals surface area contributed by atoms with Gasteiger partial charge >= 0.3 is 5.97 Å². The highest BCUT2D eigenvalue weighted by Gasteiger charge is 2.13. The van der Waals surface area contributed by atoms with E-state index in [-0.39, 0.29) is 31.2 Å². The first kappa shape index (κ1) is 20.5. The molecule has 2 aromatic heterocycles. The van der Waals surface area contributed by atoms with Crippen LogP contribution >= 0.6 is 11.3 Å². The number of hydrogen-bond donors (Lipinski definition) is 1. The van der Waals surface area contributed by atoms with E-state index in [2.05, 4.69) is 10.3 Å². The van der Waals surface area contributed by atoms with Crippen LogP contribution in [0.5, 0.6) is 5.75 Å². The smallest absolute Gasteiger partial charge is 0.344 e. The average Bonchev–Trinajstić information content (AvgIpc) is 3.16. The summed E-state index contributed by atoms with van der Waals surface area (Å²) in [4.78, 5) is 41.3. The number of nitrogens with zero attached hydrogens (tertiary/aromatic N) is 2. The van der Waals surface area contributed by atoms with Gasteiger partial charge in [0.25, 0.3) is 5.56 Å². The van der Waals surface area contributed by atoms with Gasteiger partial charge in [-0.15, -0.1) is 0 Å². The molecule has 0 unspecified atom stereocenters. The number of ether oxygens (including phenoxy) is 2. The summed E-state index contributed by atoms with van der Waals surface area (Å²) in [6.07, 6.45) is 1.53. The molecule has 1 N–H and O–H groups in total. The third kappa shape index (κ3) is 4.56. The molecule has 4 rings (SSSR count). The number of anilines is 1. The summed E-state index contributed by atoms with van der Waals surface area (Å²) in [6, 6.07) is 14.3. The Morgan fingerprint density at radius 3 is 2.74 bits per heavy atom. The number of pyridine rings is 1. The highest BCUT2D eigenvalue weighted by molar-refractivity contribution is 7.22. The number of carbonyl (C=O) groups is 2. The van der Waals surface area contributed by atoms with Crippen molar-refractivity contribution in [2.45, 2.75) is 13.5 Å². The molecule has 0 saturated carbocycles. The van der Waals surface area contributed by atoms with Crippen LogP contribution in [0.15, 0.2) is 59.5 Å². The molecule has 31 heavy (non-hydrogen) atoms. The third-order valence-corrected chi connectivity index (χ3v) is 5.44. The molecule has 4 aromatic rings. The molecule has 0 atom stereocenters. The standard InChI is InChI=1S/C22H19N3O5S/c1-2-29-20(27)13-30-17-8-5-6-15-14(17)10-11-25(21(15)28)12-19(26)24-22-23-16-7-3-4-9-18(16)31-22/h3-11H,2,12-13H2,1H3,(H,23,24,26). The number of amides is 1. The fourth-order valence-corrected chi connectivity index (χ4v) is 4.00. The maximum absolute atomic E-state index is 12.9. The van der Waals surface area contributed by atoms with Crippen LogP contribution in [0.25, 0.3) is 21.0 Å². The largest absolute Gasteiger partial charge is 0.481 e. The summed E-state index contributed by atoms with van der Waals surface area (Å²) in [5, 5.41) is 4.17. The van der Waals surface area contributed by atoms with Crippen LogP contribution in [-0.4, -0.2) is 34.6 Å². The molecule has 2 aromatic carbocycles. The number of para-hydroxylation sites is 1. The van der Waals surface area contributed by atoms with Crippen molar-refractivity contribution >= 4 is 49.3 Å². The predicted molar refractivity (Wildman–Crippen MR) is 119 cm³/mol. The monoisotopic (exact) mass is 437 g/mol. The Labute approximate surface area is 181 Å². The zero-order chi connectivity index (χ0) is 21.8. The van der Waals surface area contributed by atoms with E-state index in [9.17, 15) is 14.4 Å². The third-order valence-electron chi connectivity index (χ3n) is 4.48. The zero-order valence-electron chi connectivity index (χ0n) is 16.7. The number of thiazole rings is 1. The molecule has 1 amide bonds. The summed E-state index contributed by atoms with van der Waals surface area (Å²) >= 11 is 1.37. The molecule has 0 radical (unpaired) electrons. The molecule has 0 bridgehead atoms. The minimum absolute atomic E-state index is 0.154. The van der Waals surface area contributed by atoms with Crippen LogP contribution < -0.4 is 15.6 Å². The molecule has 8 nitrogen and oxygen atoms in total. The van der Waals surface area contributed by atoms with Crippen molar-refractivity contribution in [2.24, 2.45) is 0 Å². The van der Waals surface area contributed by atoms with Gasteiger partial charge in [0.2, 0.25) is 5.91 Å². The van der Waals surface area contributed by atoms with E-state index < -0.39 is 5.97 Å². The average molecular weight is 437 g/mol. The van der Waals surface area contributed by atoms with Gasteiger partial charge in [-0.05, 0) is 37.3 Å². The van der Waals surface area contributed by atoms with Gasteiger partial charge in [-0.2, -0.15) is 0 Å². The molecule has 2 heterocycles. The van der Waals surface area contributed by atoms with Crippen molar-refractivity contribution in [2.75, 3.05) is 18.5 Å². The molecule has 0 spiro atoms. The highest BCUT2D eigenvalue weighted by Crippen LogP contribution is 2.25. The summed E-state index contributed by atoms with van der Waals surface area (Å²) < 4.78 is 12.6. The number of benzene rings is 2. The maximum Gasteiger partial charge on any atom is 0.344 e. The molecule has 0 aliphatic carbocycles. The second kappa shape index (κ2) is 8.97. The summed E-state index contributed by atoms with van der Waals surface area (Å²) in [5.41, 5.74) is 0.472. The second-order valence-corrected chi connectivity index (χ2v) is 7.63. The number of aromatic nitrogens is 2. The van der Waals surface area contributed by atoms with E-state index >= 15 is 0 Å². The maximum atomic E-state index is 12.9. The van der Waals surface area contributed by atoms with Crippen molar-refractivity contribution in [1.82, 2.24) is 9.55 Å². The van der Waals surface area contributed by atoms with Gasteiger partial charge in [0.1, 0.15) is 12.3 Å². The molecule has 0 saturated heterocycles. The first-order chi connectivity index (χ1) is 15.0. The van der Waals surface area contributed by atoms with Gasteiger partial charge in [0, 0.05) is 11.6 Å². The van der Waals surface area contributed by atoms with Gasteiger partial charge in [-0.25, -0.2) is 9.78 Å². The van der Waals surface area contributed by atoms with Crippen molar-refractivity contribution < 1.29 is 19.1 Å². The molecule has 0 aliphatic rings. The van der Waals surface area contributed by atoms with Crippen LogP contribution in [0.2, 0.25) is 0 Å². The van der Waals surface area contributed by atoms with Crippen LogP contribution in [0.3, 0.4) is 0 Å². The lowest BCUT2D eigenvalue weighted by Crippen LogP contribution is -2.27. The van der Waals surface area contributed by atoms with E-state index in [0.717, 1.165) is 10.2 Å². The minimum atomic E-state index is -0.487. The SMILES string of the molecule is CCOC(=O)COc1cccc2c(=O)n(CC(=O)Nc3nc4ccccc4s3)ccc12. The molecular weight excluding hydrogens is 418 g/mol. The van der Waals surface area contributed by atoms with Gasteiger partial charge in [0.05, 0.1) is 22.2 Å². The van der Waals surface area contributed by atoms with Gasteiger partial charge in [-0.1, -0.05) is 29.5 Å². The van der Waals surface area contributed by atoms with Gasteiger partial charge in [-0.3, -0.25) is 9.59 Å². The number of nitrogens with one attached hydrogen (secondary N) is 1. The van der Waals surface area contributed by atoms with Crippen molar-refractivity contribution in [3.8, 4) is 5.75 Å². The van der Waals surface area contributed by atoms with E-state index in [1.807, 2.05) is 24.3 Å². The van der Waals surface area contributed by atoms with Crippen molar-refractivity contribution in [3.63, 3.8) is 0 Å². The topological polar surface area (TPSA) is 99.5 Å².